The summed E-state index contributed by atoms with van der Waals surface area (Å²) >= 11 is 0. The zero-order valence-electron chi connectivity index (χ0n) is 12.5. The number of ether oxygens (including phenoxy) is 1. The van der Waals surface area contributed by atoms with Gasteiger partial charge in [-0.15, -0.1) is 0 Å². The standard InChI is InChI=1S/C17H20N2O2/c1-17(2,3)12-5-7-13(8-6-12)21-15-10-11(16(19)20)4-9-14(15)18/h4-10H,18H2,1-3H3,(H2,19,20). The molecule has 1 amide bonds. The lowest BCUT2D eigenvalue weighted by atomic mass is 9.87. The Morgan fingerprint density at radius 2 is 1.67 bits per heavy atom. The first kappa shape index (κ1) is 14.9. The van der Waals surface area contributed by atoms with Crippen LogP contribution in [0.25, 0.3) is 0 Å². The van der Waals surface area contributed by atoms with Crippen molar-refractivity contribution in [2.24, 2.45) is 5.73 Å². The van der Waals surface area contributed by atoms with E-state index >= 15 is 0 Å². The summed E-state index contributed by atoms with van der Waals surface area (Å²) in [6, 6.07) is 12.5. The van der Waals surface area contributed by atoms with Gasteiger partial charge in [0.25, 0.3) is 0 Å². The normalized spacial score (nSPS) is 11.2. The van der Waals surface area contributed by atoms with E-state index in [-0.39, 0.29) is 5.41 Å². The second-order valence-corrected chi connectivity index (χ2v) is 5.99. The van der Waals surface area contributed by atoms with Crippen molar-refractivity contribution in [3.8, 4) is 11.5 Å². The maximum atomic E-state index is 11.2. The topological polar surface area (TPSA) is 78.3 Å². The molecule has 0 unspecified atom stereocenters. The van der Waals surface area contributed by atoms with Gasteiger partial charge < -0.3 is 16.2 Å². The fraction of sp³-hybridized carbons (Fsp3) is 0.235. The van der Waals surface area contributed by atoms with E-state index < -0.39 is 5.91 Å². The Bertz CT molecular complexity index is 655. The number of nitrogens with two attached hydrogens (primary N) is 2. The van der Waals surface area contributed by atoms with E-state index in [1.807, 2.05) is 24.3 Å². The van der Waals surface area contributed by atoms with Crippen molar-refractivity contribution in [3.05, 3.63) is 53.6 Å². The van der Waals surface area contributed by atoms with Crippen LogP contribution in [0.1, 0.15) is 36.7 Å². The van der Waals surface area contributed by atoms with Crippen LogP contribution in [0.5, 0.6) is 11.5 Å². The zero-order valence-corrected chi connectivity index (χ0v) is 12.5. The number of rotatable bonds is 3. The highest BCUT2D eigenvalue weighted by Crippen LogP contribution is 2.30. The minimum atomic E-state index is -0.511. The second kappa shape index (κ2) is 5.48. The van der Waals surface area contributed by atoms with E-state index in [4.69, 9.17) is 16.2 Å². The fourth-order valence-electron chi connectivity index (χ4n) is 1.93. The number of carbonyl (C=O) groups excluding carboxylic acids is 1. The molecular formula is C17H20N2O2. The van der Waals surface area contributed by atoms with Crippen molar-refractivity contribution >= 4 is 11.6 Å². The molecule has 0 atom stereocenters. The number of nitrogen functional groups attached to an aromatic ring is 1. The summed E-state index contributed by atoms with van der Waals surface area (Å²) in [7, 11) is 0. The molecule has 0 aromatic heterocycles. The van der Waals surface area contributed by atoms with Crippen LogP contribution in [-0.2, 0) is 5.41 Å². The maximum Gasteiger partial charge on any atom is 0.248 e. The van der Waals surface area contributed by atoms with Crippen molar-refractivity contribution in [2.45, 2.75) is 26.2 Å². The van der Waals surface area contributed by atoms with E-state index in [0.29, 0.717) is 22.7 Å². The summed E-state index contributed by atoms with van der Waals surface area (Å²) in [5, 5.41) is 0. The Balaban J connectivity index is 2.26. The quantitative estimate of drug-likeness (QED) is 0.847. The fourth-order valence-corrected chi connectivity index (χ4v) is 1.93. The molecule has 0 aliphatic heterocycles. The van der Waals surface area contributed by atoms with Crippen molar-refractivity contribution in [1.29, 1.82) is 0 Å². The number of amides is 1. The molecule has 0 fully saturated rings. The molecule has 4 heteroatoms. The van der Waals surface area contributed by atoms with Gasteiger partial charge in [-0.25, -0.2) is 0 Å². The van der Waals surface area contributed by atoms with Crippen molar-refractivity contribution in [3.63, 3.8) is 0 Å². The number of benzene rings is 2. The van der Waals surface area contributed by atoms with Crippen LogP contribution in [0.3, 0.4) is 0 Å². The number of hydrogen-bond acceptors (Lipinski definition) is 3. The zero-order chi connectivity index (χ0) is 15.6. The highest BCUT2D eigenvalue weighted by Gasteiger charge is 2.13. The third kappa shape index (κ3) is 3.54. The number of anilines is 1. The lowest BCUT2D eigenvalue weighted by molar-refractivity contribution is 0.1000. The number of hydrogen-bond donors (Lipinski definition) is 2. The SMILES string of the molecule is CC(C)(C)c1ccc(Oc2cc(C(N)=O)ccc2N)cc1. The molecule has 2 aromatic rings. The monoisotopic (exact) mass is 284 g/mol. The lowest BCUT2D eigenvalue weighted by Crippen LogP contribution is -2.11. The summed E-state index contributed by atoms with van der Waals surface area (Å²) in [5.41, 5.74) is 13.2. The molecule has 0 spiro atoms. The van der Waals surface area contributed by atoms with Crippen LogP contribution in [-0.4, -0.2) is 5.91 Å². The number of carbonyl (C=O) groups is 1. The molecule has 0 saturated carbocycles. The molecule has 4 nitrogen and oxygen atoms in total. The summed E-state index contributed by atoms with van der Waals surface area (Å²) in [4.78, 5) is 11.2. The van der Waals surface area contributed by atoms with Crippen LogP contribution in [0, 0.1) is 0 Å². The third-order valence-corrected chi connectivity index (χ3v) is 3.25. The molecule has 4 N–H and O–H groups in total. The average molecular weight is 284 g/mol. The molecular weight excluding hydrogens is 264 g/mol. The Labute approximate surface area is 124 Å². The predicted molar refractivity (Wildman–Crippen MR) is 84.6 cm³/mol. The molecule has 110 valence electrons. The van der Waals surface area contributed by atoms with Gasteiger partial charge >= 0.3 is 0 Å². The molecule has 2 rings (SSSR count). The van der Waals surface area contributed by atoms with Gasteiger partial charge in [-0.1, -0.05) is 32.9 Å². The van der Waals surface area contributed by atoms with Crippen molar-refractivity contribution in [2.75, 3.05) is 5.73 Å². The first-order valence-electron chi connectivity index (χ1n) is 6.75. The van der Waals surface area contributed by atoms with E-state index in [9.17, 15) is 4.79 Å². The minimum absolute atomic E-state index is 0.0867. The molecule has 2 aromatic carbocycles. The van der Waals surface area contributed by atoms with Gasteiger partial charge in [0, 0.05) is 5.56 Å². The summed E-state index contributed by atoms with van der Waals surface area (Å²) in [6.45, 7) is 6.45. The highest BCUT2D eigenvalue weighted by atomic mass is 16.5. The summed E-state index contributed by atoms with van der Waals surface area (Å²) in [6.07, 6.45) is 0. The van der Waals surface area contributed by atoms with Crippen LogP contribution in [0.15, 0.2) is 42.5 Å². The smallest absolute Gasteiger partial charge is 0.248 e. The average Bonchev–Trinajstić information content (AvgIpc) is 2.40. The van der Waals surface area contributed by atoms with Gasteiger partial charge in [-0.2, -0.15) is 0 Å². The van der Waals surface area contributed by atoms with Crippen LogP contribution < -0.4 is 16.2 Å². The van der Waals surface area contributed by atoms with Gasteiger partial charge in [0.15, 0.2) is 5.75 Å². The molecule has 21 heavy (non-hydrogen) atoms. The van der Waals surface area contributed by atoms with Crippen LogP contribution in [0.4, 0.5) is 5.69 Å². The molecule has 0 saturated heterocycles. The largest absolute Gasteiger partial charge is 0.455 e. The van der Waals surface area contributed by atoms with Crippen molar-refractivity contribution < 1.29 is 9.53 Å². The van der Waals surface area contributed by atoms with Crippen LogP contribution in [0.2, 0.25) is 0 Å². The Morgan fingerprint density at radius 3 is 2.19 bits per heavy atom. The maximum absolute atomic E-state index is 11.2. The molecule has 0 radical (unpaired) electrons. The lowest BCUT2D eigenvalue weighted by Gasteiger charge is -2.19. The summed E-state index contributed by atoms with van der Waals surface area (Å²) < 4.78 is 5.73. The second-order valence-electron chi connectivity index (χ2n) is 5.99. The van der Waals surface area contributed by atoms with E-state index in [0.717, 1.165) is 0 Å². The summed E-state index contributed by atoms with van der Waals surface area (Å²) in [5.74, 6) is 0.578. The van der Waals surface area contributed by atoms with E-state index in [1.54, 1.807) is 18.2 Å². The first-order valence-corrected chi connectivity index (χ1v) is 6.75. The van der Waals surface area contributed by atoms with Gasteiger partial charge in [-0.3, -0.25) is 4.79 Å². The van der Waals surface area contributed by atoms with Gasteiger partial charge in [0.1, 0.15) is 5.75 Å². The molecule has 0 aliphatic rings. The molecule has 0 heterocycles. The van der Waals surface area contributed by atoms with Gasteiger partial charge in [-0.05, 0) is 41.3 Å². The minimum Gasteiger partial charge on any atom is -0.455 e. The van der Waals surface area contributed by atoms with E-state index in [1.165, 1.54) is 5.56 Å². The Morgan fingerprint density at radius 1 is 1.05 bits per heavy atom. The molecule has 0 bridgehead atoms. The van der Waals surface area contributed by atoms with E-state index in [2.05, 4.69) is 20.8 Å². The molecule has 0 aliphatic carbocycles. The van der Waals surface area contributed by atoms with Crippen LogP contribution >= 0.6 is 0 Å². The highest BCUT2D eigenvalue weighted by molar-refractivity contribution is 5.93. The third-order valence-electron chi connectivity index (χ3n) is 3.25. The first-order chi connectivity index (χ1) is 9.77. The number of primary amides is 1. The Kier molecular flexibility index (Phi) is 3.89. The predicted octanol–water partition coefficient (Wildman–Crippen LogP) is 3.46. The van der Waals surface area contributed by atoms with Gasteiger partial charge in [0.05, 0.1) is 5.69 Å². The van der Waals surface area contributed by atoms with Crippen molar-refractivity contribution in [1.82, 2.24) is 0 Å². The van der Waals surface area contributed by atoms with Gasteiger partial charge in [0.2, 0.25) is 5.91 Å². The Hall–Kier alpha value is -2.49.